The molecule has 2 amide bonds. The van der Waals surface area contributed by atoms with Gasteiger partial charge in [-0.3, -0.25) is 9.59 Å². The van der Waals surface area contributed by atoms with Gasteiger partial charge in [0.05, 0.1) is 32.2 Å². The van der Waals surface area contributed by atoms with Crippen molar-refractivity contribution >= 4 is 87.1 Å². The molecule has 1 aliphatic carbocycles. The number of amides is 2. The zero-order chi connectivity index (χ0) is 22.9. The van der Waals surface area contributed by atoms with Gasteiger partial charge in [0.2, 0.25) is 5.91 Å². The standard InChI is InChI=1S/C20H15Cl6FN2O2/c21-6-1-7-28-18(30)14-10(22)3-5-13(17(14)24)29-19(31)16-15(20(16,25)26)9-2-4-12(27)11(23)8-9/h2-5,8,15-16H,1,6-7H2,(H,28,30)(H,29,31). The average Bonchev–Trinajstić information content (AvgIpc) is 3.28. The van der Waals surface area contributed by atoms with Crippen LogP contribution in [0, 0.1) is 11.7 Å². The van der Waals surface area contributed by atoms with Crippen LogP contribution in [0.3, 0.4) is 0 Å². The van der Waals surface area contributed by atoms with Crippen LogP contribution in [-0.2, 0) is 4.79 Å². The molecule has 31 heavy (non-hydrogen) atoms. The van der Waals surface area contributed by atoms with Crippen LogP contribution in [-0.4, -0.2) is 28.6 Å². The lowest BCUT2D eigenvalue weighted by Crippen LogP contribution is -2.26. The first-order chi connectivity index (χ1) is 14.6. The summed E-state index contributed by atoms with van der Waals surface area (Å²) >= 11 is 36.5. The van der Waals surface area contributed by atoms with E-state index in [1.54, 1.807) is 0 Å². The average molecular weight is 547 g/mol. The fraction of sp³-hybridized carbons (Fsp3) is 0.300. The van der Waals surface area contributed by atoms with E-state index in [1.807, 2.05) is 0 Å². The molecule has 1 aliphatic rings. The number of carbonyl (C=O) groups excluding carboxylic acids is 2. The van der Waals surface area contributed by atoms with Gasteiger partial charge in [0.15, 0.2) is 0 Å². The topological polar surface area (TPSA) is 58.2 Å². The molecule has 2 atom stereocenters. The van der Waals surface area contributed by atoms with Crippen molar-refractivity contribution in [3.63, 3.8) is 0 Å². The van der Waals surface area contributed by atoms with Crippen LogP contribution in [0.25, 0.3) is 0 Å². The Bertz CT molecular complexity index is 1030. The highest BCUT2D eigenvalue weighted by Crippen LogP contribution is 2.65. The highest BCUT2D eigenvalue weighted by molar-refractivity contribution is 6.53. The summed E-state index contributed by atoms with van der Waals surface area (Å²) in [6.07, 6.45) is 0.572. The Labute approximate surface area is 208 Å². The molecule has 0 aliphatic heterocycles. The summed E-state index contributed by atoms with van der Waals surface area (Å²) in [4.78, 5) is 25.3. The fourth-order valence-electron chi connectivity index (χ4n) is 3.20. The number of anilines is 1. The Morgan fingerprint density at radius 2 is 1.77 bits per heavy atom. The van der Waals surface area contributed by atoms with E-state index in [-0.39, 0.29) is 26.3 Å². The molecular formula is C20H15Cl6FN2O2. The normalized spacial score (nSPS) is 19.1. The molecule has 166 valence electrons. The molecule has 0 heterocycles. The quantitative estimate of drug-likeness (QED) is 0.301. The Kier molecular flexibility index (Phi) is 7.88. The summed E-state index contributed by atoms with van der Waals surface area (Å²) in [5.74, 6) is -2.66. The number of halogens is 7. The third-order valence-electron chi connectivity index (χ3n) is 4.81. The monoisotopic (exact) mass is 544 g/mol. The second-order valence-corrected chi connectivity index (χ2v) is 9.89. The largest absolute Gasteiger partial charge is 0.352 e. The Morgan fingerprint density at radius 3 is 2.42 bits per heavy atom. The Balaban J connectivity index is 1.79. The van der Waals surface area contributed by atoms with Gasteiger partial charge in [-0.15, -0.1) is 34.8 Å². The van der Waals surface area contributed by atoms with Gasteiger partial charge in [0, 0.05) is 18.3 Å². The fourth-order valence-corrected chi connectivity index (χ4v) is 4.94. The molecule has 0 bridgehead atoms. The van der Waals surface area contributed by atoms with Crippen LogP contribution >= 0.6 is 69.6 Å². The molecule has 0 radical (unpaired) electrons. The lowest BCUT2D eigenvalue weighted by atomic mass is 10.1. The van der Waals surface area contributed by atoms with Gasteiger partial charge in [0.25, 0.3) is 5.91 Å². The minimum Gasteiger partial charge on any atom is -0.352 e. The molecular weight excluding hydrogens is 532 g/mol. The third kappa shape index (κ3) is 5.18. The van der Waals surface area contributed by atoms with Gasteiger partial charge < -0.3 is 10.6 Å². The van der Waals surface area contributed by atoms with Crippen LogP contribution in [0.2, 0.25) is 15.1 Å². The zero-order valence-corrected chi connectivity index (χ0v) is 20.2. The van der Waals surface area contributed by atoms with Crippen molar-refractivity contribution in [3.8, 4) is 0 Å². The van der Waals surface area contributed by atoms with Gasteiger partial charge in [-0.25, -0.2) is 4.39 Å². The van der Waals surface area contributed by atoms with Gasteiger partial charge in [-0.1, -0.05) is 40.9 Å². The Morgan fingerprint density at radius 1 is 1.06 bits per heavy atom. The van der Waals surface area contributed by atoms with Gasteiger partial charge in [0.1, 0.15) is 10.2 Å². The highest BCUT2D eigenvalue weighted by Gasteiger charge is 2.67. The highest BCUT2D eigenvalue weighted by atomic mass is 35.5. The SMILES string of the molecule is O=C(NCCCCl)c1c(Cl)ccc(NC(=O)C2C(c3ccc(F)c(Cl)c3)C2(Cl)Cl)c1Cl. The van der Waals surface area contributed by atoms with Crippen LogP contribution in [0.5, 0.6) is 0 Å². The maximum atomic E-state index is 13.5. The number of nitrogens with one attached hydrogen (secondary N) is 2. The minimum absolute atomic E-state index is 0.0244. The second kappa shape index (κ2) is 9.90. The van der Waals surface area contributed by atoms with Gasteiger partial charge >= 0.3 is 0 Å². The van der Waals surface area contributed by atoms with Crippen molar-refractivity contribution in [2.75, 3.05) is 17.7 Å². The number of alkyl halides is 3. The zero-order valence-electron chi connectivity index (χ0n) is 15.6. The van der Waals surface area contributed by atoms with E-state index >= 15 is 0 Å². The first-order valence-electron chi connectivity index (χ1n) is 9.05. The number of benzene rings is 2. The number of hydrogen-bond donors (Lipinski definition) is 2. The molecule has 0 aromatic heterocycles. The first kappa shape index (κ1) is 24.7. The van der Waals surface area contributed by atoms with Crippen LogP contribution in [0.4, 0.5) is 10.1 Å². The van der Waals surface area contributed by atoms with E-state index in [9.17, 15) is 14.0 Å². The van der Waals surface area contributed by atoms with Crippen molar-refractivity contribution in [1.29, 1.82) is 0 Å². The van der Waals surface area contributed by atoms with Crippen molar-refractivity contribution in [1.82, 2.24) is 5.32 Å². The number of hydrogen-bond acceptors (Lipinski definition) is 2. The van der Waals surface area contributed by atoms with Crippen molar-refractivity contribution in [3.05, 3.63) is 62.3 Å². The maximum Gasteiger partial charge on any atom is 0.254 e. The molecule has 3 rings (SSSR count). The maximum absolute atomic E-state index is 13.5. The number of carbonyl (C=O) groups is 2. The Hall–Kier alpha value is -0.950. The predicted molar refractivity (Wildman–Crippen MR) is 125 cm³/mol. The summed E-state index contributed by atoms with van der Waals surface area (Å²) in [6.45, 7) is 0.344. The van der Waals surface area contributed by atoms with Crippen LogP contribution in [0.1, 0.15) is 28.3 Å². The summed E-state index contributed by atoms with van der Waals surface area (Å²) < 4.78 is 12.0. The molecule has 11 heteroatoms. The van der Waals surface area contributed by atoms with Crippen molar-refractivity contribution in [2.45, 2.75) is 16.7 Å². The smallest absolute Gasteiger partial charge is 0.254 e. The lowest BCUT2D eigenvalue weighted by molar-refractivity contribution is -0.117. The van der Waals surface area contributed by atoms with Crippen molar-refractivity contribution in [2.24, 2.45) is 5.92 Å². The van der Waals surface area contributed by atoms with E-state index < -0.39 is 33.8 Å². The number of rotatable bonds is 7. The molecule has 2 unspecified atom stereocenters. The third-order valence-corrected chi connectivity index (χ3v) is 7.02. The van der Waals surface area contributed by atoms with E-state index in [0.29, 0.717) is 24.4 Å². The molecule has 4 nitrogen and oxygen atoms in total. The molecule has 1 fully saturated rings. The molecule has 0 saturated heterocycles. The van der Waals surface area contributed by atoms with Crippen LogP contribution in [0.15, 0.2) is 30.3 Å². The van der Waals surface area contributed by atoms with E-state index in [4.69, 9.17) is 69.6 Å². The summed E-state index contributed by atoms with van der Waals surface area (Å²) in [7, 11) is 0. The van der Waals surface area contributed by atoms with Crippen LogP contribution < -0.4 is 10.6 Å². The van der Waals surface area contributed by atoms with Gasteiger partial charge in [-0.05, 0) is 36.2 Å². The predicted octanol–water partition coefficient (Wildman–Crippen LogP) is 6.67. The molecule has 2 aromatic carbocycles. The minimum atomic E-state index is -1.41. The molecule has 1 saturated carbocycles. The van der Waals surface area contributed by atoms with E-state index in [2.05, 4.69) is 10.6 Å². The molecule has 2 aromatic rings. The summed E-state index contributed by atoms with van der Waals surface area (Å²) in [5, 5.41) is 5.29. The second-order valence-electron chi connectivity index (χ2n) is 6.88. The summed E-state index contributed by atoms with van der Waals surface area (Å²) in [6, 6.07) is 6.94. The molecule has 0 spiro atoms. The molecule has 2 N–H and O–H groups in total. The summed E-state index contributed by atoms with van der Waals surface area (Å²) in [5.41, 5.74) is 0.722. The van der Waals surface area contributed by atoms with Crippen molar-refractivity contribution < 1.29 is 14.0 Å². The van der Waals surface area contributed by atoms with E-state index in [1.165, 1.54) is 30.3 Å². The first-order valence-corrected chi connectivity index (χ1v) is 11.5. The van der Waals surface area contributed by atoms with E-state index in [0.717, 1.165) is 0 Å². The van der Waals surface area contributed by atoms with Gasteiger partial charge in [-0.2, -0.15) is 0 Å². The lowest BCUT2D eigenvalue weighted by Gasteiger charge is -2.13.